The van der Waals surface area contributed by atoms with Gasteiger partial charge in [0.15, 0.2) is 0 Å². The van der Waals surface area contributed by atoms with Gasteiger partial charge >= 0.3 is 0 Å². The van der Waals surface area contributed by atoms with Crippen LogP contribution in [0.1, 0.15) is 122 Å². The summed E-state index contributed by atoms with van der Waals surface area (Å²) in [5, 5.41) is 3.13. The quantitative estimate of drug-likeness (QED) is 0.299. The molecule has 0 saturated heterocycles. The number of amides is 1. The Hall–Kier alpha value is -0.790. The molecule has 0 heterocycles. The number of hydrogen-bond acceptors (Lipinski definition) is 1. The molecule has 4 unspecified atom stereocenters. The van der Waals surface area contributed by atoms with Crippen molar-refractivity contribution in [1.82, 2.24) is 5.32 Å². The van der Waals surface area contributed by atoms with Crippen LogP contribution in [0.25, 0.3) is 0 Å². The average Bonchev–Trinajstić information content (AvgIpc) is 2.84. The van der Waals surface area contributed by atoms with Gasteiger partial charge in [-0.05, 0) is 125 Å². The number of hydrogen-bond donors (Lipinski definition) is 1. The lowest BCUT2D eigenvalue weighted by atomic mass is 9.59. The largest absolute Gasteiger partial charge is 0.350 e. The maximum Gasteiger partial charge on any atom is 0.243 e. The fourth-order valence-electron chi connectivity index (χ4n) is 8.44. The van der Waals surface area contributed by atoms with Gasteiger partial charge in [-0.2, -0.15) is 0 Å². The molecule has 4 rings (SSSR count). The summed E-state index contributed by atoms with van der Waals surface area (Å²) in [5.41, 5.74) is 0. The van der Waals surface area contributed by atoms with Crippen molar-refractivity contribution in [3.05, 3.63) is 12.7 Å². The highest BCUT2D eigenvalue weighted by Crippen LogP contribution is 2.51. The van der Waals surface area contributed by atoms with E-state index in [1.54, 1.807) is 25.7 Å². The van der Waals surface area contributed by atoms with Crippen molar-refractivity contribution in [2.45, 2.75) is 129 Å². The highest BCUT2D eigenvalue weighted by Gasteiger charge is 2.40. The molecule has 0 spiro atoms. The van der Waals surface area contributed by atoms with E-state index in [4.69, 9.17) is 0 Å². The summed E-state index contributed by atoms with van der Waals surface area (Å²) in [7, 11) is 0. The van der Waals surface area contributed by atoms with Gasteiger partial charge in [-0.1, -0.05) is 52.0 Å². The molecule has 0 aromatic carbocycles. The third-order valence-electron chi connectivity index (χ3n) is 10.4. The molecule has 4 saturated carbocycles. The van der Waals surface area contributed by atoms with E-state index in [2.05, 4.69) is 18.8 Å². The summed E-state index contributed by atoms with van der Waals surface area (Å²) in [4.78, 5) is 11.6. The first-order valence-electron chi connectivity index (χ1n) is 14.6. The van der Waals surface area contributed by atoms with E-state index >= 15 is 0 Å². The van der Waals surface area contributed by atoms with Crippen LogP contribution in [0.3, 0.4) is 0 Å². The van der Waals surface area contributed by atoms with E-state index in [1.165, 1.54) is 96.0 Å². The Morgan fingerprint density at radius 2 is 1.19 bits per heavy atom. The van der Waals surface area contributed by atoms with Crippen LogP contribution in [0.15, 0.2) is 12.7 Å². The minimum Gasteiger partial charge on any atom is -0.350 e. The summed E-state index contributed by atoms with van der Waals surface area (Å²) in [5.74, 6) is 7.19. The predicted octanol–water partition coefficient (Wildman–Crippen LogP) is 8.07. The fraction of sp³-hybridized carbons (Fsp3) is 0.900. The van der Waals surface area contributed by atoms with Crippen LogP contribution < -0.4 is 5.32 Å². The third-order valence-corrected chi connectivity index (χ3v) is 10.4. The molecule has 182 valence electrons. The van der Waals surface area contributed by atoms with E-state index in [9.17, 15) is 4.79 Å². The molecule has 0 aromatic rings. The molecule has 0 aliphatic heterocycles. The van der Waals surface area contributed by atoms with E-state index in [0.29, 0.717) is 6.04 Å². The zero-order valence-corrected chi connectivity index (χ0v) is 21.0. The van der Waals surface area contributed by atoms with Gasteiger partial charge in [0, 0.05) is 6.04 Å². The zero-order chi connectivity index (χ0) is 22.3. The normalized spacial score (nSPS) is 40.3. The number of fused-ring (bicyclic) bond motifs is 1. The van der Waals surface area contributed by atoms with Crippen molar-refractivity contribution in [3.63, 3.8) is 0 Å². The maximum absolute atomic E-state index is 11.6. The minimum absolute atomic E-state index is 0.00991. The Morgan fingerprint density at radius 1 is 0.719 bits per heavy atom. The predicted molar refractivity (Wildman–Crippen MR) is 135 cm³/mol. The van der Waals surface area contributed by atoms with Crippen molar-refractivity contribution >= 4 is 5.91 Å². The SMILES string of the molecule is C=CC(=O)NC1CCC(C2CCC3CC(C4CCC(CCCCC)CC4)CCC3C2)CC1. The first-order valence-corrected chi connectivity index (χ1v) is 14.6. The Kier molecular flexibility index (Phi) is 9.18. The van der Waals surface area contributed by atoms with Crippen LogP contribution in [0.2, 0.25) is 0 Å². The van der Waals surface area contributed by atoms with Crippen LogP contribution in [0.4, 0.5) is 0 Å². The fourth-order valence-corrected chi connectivity index (χ4v) is 8.44. The van der Waals surface area contributed by atoms with Gasteiger partial charge in [0.2, 0.25) is 5.91 Å². The summed E-state index contributed by atoms with van der Waals surface area (Å²) < 4.78 is 0. The molecule has 2 nitrogen and oxygen atoms in total. The summed E-state index contributed by atoms with van der Waals surface area (Å²) in [6, 6.07) is 0.394. The molecule has 1 N–H and O–H groups in total. The van der Waals surface area contributed by atoms with Gasteiger partial charge < -0.3 is 5.32 Å². The molecule has 0 aromatic heterocycles. The smallest absolute Gasteiger partial charge is 0.243 e. The Labute approximate surface area is 198 Å². The van der Waals surface area contributed by atoms with Crippen molar-refractivity contribution in [2.24, 2.45) is 41.4 Å². The zero-order valence-electron chi connectivity index (χ0n) is 21.0. The van der Waals surface area contributed by atoms with Gasteiger partial charge in [-0.15, -0.1) is 0 Å². The molecular formula is C30H51NO. The lowest BCUT2D eigenvalue weighted by molar-refractivity contribution is -0.117. The molecule has 4 aliphatic carbocycles. The number of rotatable bonds is 8. The standard InChI is InChI=1S/C30H51NO/c1-3-5-6-7-22-8-10-23(11-9-22)25-12-14-28-21-26(13-15-27(28)20-25)24-16-18-29(19-17-24)31-30(32)4-2/h4,22-29H,2-3,5-21H2,1H3,(H,31,32). The number of unbranched alkanes of at least 4 members (excludes halogenated alkanes) is 2. The highest BCUT2D eigenvalue weighted by molar-refractivity contribution is 5.87. The van der Waals surface area contributed by atoms with E-state index in [1.807, 2.05) is 0 Å². The highest BCUT2D eigenvalue weighted by atomic mass is 16.1. The Balaban J connectivity index is 1.17. The van der Waals surface area contributed by atoms with Gasteiger partial charge in [0.05, 0.1) is 0 Å². The van der Waals surface area contributed by atoms with Crippen molar-refractivity contribution in [1.29, 1.82) is 0 Å². The second-order valence-electron chi connectivity index (χ2n) is 12.3. The van der Waals surface area contributed by atoms with Crippen LogP contribution in [-0.4, -0.2) is 11.9 Å². The van der Waals surface area contributed by atoms with Crippen LogP contribution in [0.5, 0.6) is 0 Å². The van der Waals surface area contributed by atoms with E-state index in [-0.39, 0.29) is 5.91 Å². The lowest BCUT2D eigenvalue weighted by Crippen LogP contribution is -2.40. The lowest BCUT2D eigenvalue weighted by Gasteiger charge is -2.47. The second-order valence-corrected chi connectivity index (χ2v) is 12.3. The van der Waals surface area contributed by atoms with Gasteiger partial charge in [0.25, 0.3) is 0 Å². The average molecular weight is 442 g/mol. The van der Waals surface area contributed by atoms with Crippen LogP contribution >= 0.6 is 0 Å². The molecule has 0 bridgehead atoms. The maximum atomic E-state index is 11.6. The molecule has 2 heteroatoms. The van der Waals surface area contributed by atoms with Gasteiger partial charge in [0.1, 0.15) is 0 Å². The van der Waals surface area contributed by atoms with Crippen LogP contribution in [0, 0.1) is 41.4 Å². The number of nitrogens with one attached hydrogen (secondary N) is 1. The Morgan fingerprint density at radius 3 is 1.69 bits per heavy atom. The second kappa shape index (κ2) is 12.1. The summed E-state index contributed by atoms with van der Waals surface area (Å²) in [6.07, 6.45) is 27.6. The van der Waals surface area contributed by atoms with E-state index in [0.717, 1.165) is 41.4 Å². The molecule has 4 aliphatic rings. The van der Waals surface area contributed by atoms with Crippen molar-refractivity contribution in [3.8, 4) is 0 Å². The summed E-state index contributed by atoms with van der Waals surface area (Å²) >= 11 is 0. The Bertz CT molecular complexity index is 584. The minimum atomic E-state index is 0.00991. The number of carbonyl (C=O) groups excluding carboxylic acids is 1. The summed E-state index contributed by atoms with van der Waals surface area (Å²) in [6.45, 7) is 5.92. The molecule has 4 fully saturated rings. The van der Waals surface area contributed by atoms with Crippen molar-refractivity contribution in [2.75, 3.05) is 0 Å². The first kappa shape index (κ1) is 24.3. The molecule has 0 radical (unpaired) electrons. The van der Waals surface area contributed by atoms with Gasteiger partial charge in [-0.25, -0.2) is 0 Å². The molecule has 32 heavy (non-hydrogen) atoms. The van der Waals surface area contributed by atoms with Crippen LogP contribution in [-0.2, 0) is 4.79 Å². The van der Waals surface area contributed by atoms with Gasteiger partial charge in [-0.3, -0.25) is 4.79 Å². The molecule has 4 atom stereocenters. The molecule has 1 amide bonds. The third kappa shape index (κ3) is 6.41. The first-order chi connectivity index (χ1) is 15.7. The topological polar surface area (TPSA) is 29.1 Å². The molecular weight excluding hydrogens is 390 g/mol. The van der Waals surface area contributed by atoms with Crippen molar-refractivity contribution < 1.29 is 4.79 Å². The van der Waals surface area contributed by atoms with E-state index < -0.39 is 0 Å². The number of carbonyl (C=O) groups is 1. The monoisotopic (exact) mass is 441 g/mol.